The molecule has 0 aliphatic heterocycles. The monoisotopic (exact) mass is 497 g/mol. The normalized spacial score (nSPS) is 12.3. The summed E-state index contributed by atoms with van der Waals surface area (Å²) >= 11 is 0.633. The van der Waals surface area contributed by atoms with Crippen LogP contribution < -0.4 is 9.82 Å². The lowest BCUT2D eigenvalue weighted by atomic mass is 10.1. The third-order valence-electron chi connectivity index (χ3n) is 5.23. The molecule has 176 valence electrons. The lowest BCUT2D eigenvalue weighted by molar-refractivity contribution is -0.777. The number of unbranched alkanes of at least 4 members (excludes halogenated alkanes) is 2. The van der Waals surface area contributed by atoms with Crippen molar-refractivity contribution < 1.29 is 50.9 Å². The summed E-state index contributed by atoms with van der Waals surface area (Å²) in [6.07, 6.45) is 1.92. The first kappa shape index (κ1) is 23.5. The summed E-state index contributed by atoms with van der Waals surface area (Å²) < 4.78 is 52.7. The molecular weight excluding hydrogens is 478 g/mol. The van der Waals surface area contributed by atoms with Gasteiger partial charge >= 0.3 is 11.9 Å². The molecule has 0 spiro atoms. The Bertz CT molecular complexity index is 1450. The summed E-state index contributed by atoms with van der Waals surface area (Å²) in [7, 11) is -4.73. The zero-order valence-electron chi connectivity index (χ0n) is 17.3. The molecule has 2 N–H and O–H groups in total. The first-order valence-corrected chi connectivity index (χ1v) is 12.0. The third-order valence-corrected chi connectivity index (χ3v) is 6.70. The fourth-order valence-electron chi connectivity index (χ4n) is 3.87. The van der Waals surface area contributed by atoms with Crippen LogP contribution in [0.4, 0.5) is 0 Å². The van der Waals surface area contributed by atoms with Gasteiger partial charge in [0.15, 0.2) is 11.4 Å². The molecule has 0 unspecified atom stereocenters. The number of aliphatic carboxylic acids is 1. The van der Waals surface area contributed by atoms with Gasteiger partial charge in [-0.05, 0) is 31.0 Å². The molecule has 4 aromatic rings. The fraction of sp³-hybridized carbons (Fsp3) is 0.300. The first-order valence-electron chi connectivity index (χ1n) is 9.85. The van der Waals surface area contributed by atoms with Gasteiger partial charge in [-0.1, -0.05) is 0 Å². The van der Waals surface area contributed by atoms with Crippen molar-refractivity contribution in [2.45, 2.75) is 48.9 Å². The van der Waals surface area contributed by atoms with E-state index < -0.39 is 21.0 Å². The zero-order chi connectivity index (χ0) is 23.8. The lowest BCUT2D eigenvalue weighted by Gasteiger charge is -2.04. The van der Waals surface area contributed by atoms with E-state index in [2.05, 4.69) is 9.37 Å². The van der Waals surface area contributed by atoms with E-state index in [1.807, 2.05) is 0 Å². The van der Waals surface area contributed by atoms with Gasteiger partial charge in [-0.15, -0.1) is 0 Å². The third kappa shape index (κ3) is 4.69. The van der Waals surface area contributed by atoms with Crippen LogP contribution in [0.25, 0.3) is 33.0 Å². The number of aromatic nitrogens is 1. The van der Waals surface area contributed by atoms with Gasteiger partial charge in [0.1, 0.15) is 11.2 Å². The number of rotatable bonds is 10. The van der Waals surface area contributed by atoms with Crippen LogP contribution in [-0.4, -0.2) is 24.0 Å². The van der Waals surface area contributed by atoms with Crippen molar-refractivity contribution in [3.05, 3.63) is 30.2 Å². The summed E-state index contributed by atoms with van der Waals surface area (Å²) in [5, 5.41) is 22.7. The van der Waals surface area contributed by atoms with Crippen LogP contribution in [0.3, 0.4) is 0 Å². The molecule has 0 atom stereocenters. The molecule has 0 saturated heterocycles. The molecule has 0 amide bonds. The Morgan fingerprint density at radius 2 is 1.97 bits per heavy atom. The topological polar surface area (TPSA) is 163 Å². The van der Waals surface area contributed by atoms with E-state index in [0.717, 1.165) is 0 Å². The number of nitrogens with zero attached hydrogens (tertiary/aromatic N) is 1. The predicted octanol–water partition coefficient (Wildman–Crippen LogP) is 3.05. The maximum atomic E-state index is 12.4. The number of furan rings is 1. The van der Waals surface area contributed by atoms with Crippen molar-refractivity contribution in [1.82, 2.24) is 0 Å². The molecule has 11 nitrogen and oxygen atoms in total. The summed E-state index contributed by atoms with van der Waals surface area (Å²) in [5.74, 6) is -0.436. The maximum absolute atomic E-state index is 12.4. The Morgan fingerprint density at radius 3 is 2.67 bits per heavy atom. The molecule has 33 heavy (non-hydrogen) atoms. The highest BCUT2D eigenvalue weighted by Gasteiger charge is 2.32. The van der Waals surface area contributed by atoms with E-state index in [-0.39, 0.29) is 23.0 Å². The lowest BCUT2D eigenvalue weighted by Crippen LogP contribution is -2.35. The molecule has 4 rings (SSSR count). The van der Waals surface area contributed by atoms with Crippen molar-refractivity contribution in [2.24, 2.45) is 0 Å². The van der Waals surface area contributed by atoms with Crippen molar-refractivity contribution >= 4 is 61.2 Å². The van der Waals surface area contributed by atoms with E-state index in [1.165, 1.54) is 6.07 Å². The number of benzene rings is 2. The summed E-state index contributed by atoms with van der Waals surface area (Å²) in [4.78, 5) is 10.7. The molecule has 0 aliphatic carbocycles. The highest BCUT2D eigenvalue weighted by Crippen LogP contribution is 2.39. The van der Waals surface area contributed by atoms with Gasteiger partial charge in [-0.2, -0.15) is 17.3 Å². The van der Waals surface area contributed by atoms with Crippen molar-refractivity contribution in [1.29, 1.82) is 0 Å². The molecular formula is C20H19NO10S2. The molecule has 2 heterocycles. The quantitative estimate of drug-likeness (QED) is 0.0826. The smallest absolute Gasteiger partial charge is 0.344 e. The van der Waals surface area contributed by atoms with Crippen LogP contribution in [0.1, 0.15) is 31.6 Å². The van der Waals surface area contributed by atoms with E-state index in [1.54, 1.807) is 29.7 Å². The standard InChI is InChI=1S/C20H19NO10S2/c1-11-21(8-4-2-3-5-17(22)23)14-10-16-18(20(19(14)28-11)33(25,26)27)13-9-12(32-31-30-24)6-7-15(13)29-16/h6-7,9-10H,2-5,8H2,1H3,(H2-,22,23,24,25,26,27). The number of fused-ring (bicyclic) bond motifs is 4. The molecule has 0 radical (unpaired) electrons. The summed E-state index contributed by atoms with van der Waals surface area (Å²) in [6, 6.07) is 6.34. The molecule has 0 fully saturated rings. The number of hydrogen-bond acceptors (Lipinski definition) is 9. The average Bonchev–Trinajstić information content (AvgIpc) is 3.25. The van der Waals surface area contributed by atoms with Gasteiger partial charge in [0.25, 0.3) is 15.6 Å². The van der Waals surface area contributed by atoms with Gasteiger partial charge in [0.2, 0.25) is 5.58 Å². The second kappa shape index (κ2) is 9.29. The van der Waals surface area contributed by atoms with E-state index in [0.29, 0.717) is 65.1 Å². The average molecular weight is 498 g/mol. The second-order valence-electron chi connectivity index (χ2n) is 7.36. The number of carboxylic acid groups (broad SMARTS) is 1. The van der Waals surface area contributed by atoms with Crippen LogP contribution in [0, 0.1) is 6.92 Å². The Kier molecular flexibility index (Phi) is 6.61. The van der Waals surface area contributed by atoms with Gasteiger partial charge in [0.05, 0.1) is 30.4 Å². The molecule has 0 aliphatic rings. The minimum absolute atomic E-state index is 0.0204. The van der Waals surface area contributed by atoms with Crippen LogP contribution in [0.5, 0.6) is 0 Å². The molecule has 0 saturated carbocycles. The number of hydrogen-bond donors (Lipinski definition) is 2. The number of oxazole rings is 1. The number of aryl methyl sites for hydroxylation is 2. The largest absolute Gasteiger partial charge is 0.691 e. The predicted molar refractivity (Wildman–Crippen MR) is 112 cm³/mol. The minimum Gasteiger partial charge on any atom is -0.691 e. The van der Waals surface area contributed by atoms with Crippen LogP contribution in [0.15, 0.2) is 42.9 Å². The Balaban J connectivity index is 1.86. The Hall–Kier alpha value is -2.68. The highest BCUT2D eigenvalue weighted by atomic mass is 32.2. The van der Waals surface area contributed by atoms with E-state index in [9.17, 15) is 23.0 Å². The maximum Gasteiger partial charge on any atom is 0.344 e. The van der Waals surface area contributed by atoms with E-state index >= 15 is 0 Å². The van der Waals surface area contributed by atoms with Crippen molar-refractivity contribution in [3.8, 4) is 0 Å². The second-order valence-corrected chi connectivity index (χ2v) is 9.49. The van der Waals surface area contributed by atoms with Crippen molar-refractivity contribution in [2.75, 3.05) is 0 Å². The van der Waals surface area contributed by atoms with Gasteiger partial charge < -0.3 is 19.2 Å². The highest BCUT2D eigenvalue weighted by molar-refractivity contribution is 7.94. The fourth-order valence-corrected chi connectivity index (χ4v) is 5.12. The van der Waals surface area contributed by atoms with Gasteiger partial charge in [-0.25, -0.2) is 0 Å². The van der Waals surface area contributed by atoms with Crippen molar-refractivity contribution in [3.63, 3.8) is 0 Å². The minimum atomic E-state index is -4.73. The Morgan fingerprint density at radius 1 is 1.18 bits per heavy atom. The number of carboxylic acids is 1. The molecule has 0 bridgehead atoms. The Labute approximate surface area is 191 Å². The van der Waals surface area contributed by atoms with Crippen LogP contribution in [-0.2, 0) is 30.8 Å². The molecule has 13 heteroatoms. The summed E-state index contributed by atoms with van der Waals surface area (Å²) in [5.41, 5.74) is 0.969. The molecule has 2 aromatic carbocycles. The van der Waals surface area contributed by atoms with Crippen LogP contribution >= 0.6 is 12.0 Å². The van der Waals surface area contributed by atoms with E-state index in [4.69, 9.17) is 13.9 Å². The SMILES string of the molecule is Cc1oc2c(S(=O)(=O)O)c3c(cc2[n+]1CCCCCC(=O)O)oc1ccc(SOO[O-])cc13. The van der Waals surface area contributed by atoms with Gasteiger partial charge in [-0.3, -0.25) is 14.4 Å². The van der Waals surface area contributed by atoms with Gasteiger partial charge in [0, 0.05) is 23.1 Å². The first-order chi connectivity index (χ1) is 15.7. The van der Waals surface area contributed by atoms with Crippen LogP contribution in [0.2, 0.25) is 0 Å². The molecule has 2 aromatic heterocycles. The summed E-state index contributed by atoms with van der Waals surface area (Å²) in [6.45, 7) is 2.13. The zero-order valence-corrected chi connectivity index (χ0v) is 18.9. The number of carbonyl (C=O) groups is 1.